The van der Waals surface area contributed by atoms with E-state index in [1.54, 1.807) is 14.2 Å². The van der Waals surface area contributed by atoms with Crippen LogP contribution in [0.15, 0.2) is 18.2 Å². The summed E-state index contributed by atoms with van der Waals surface area (Å²) >= 11 is 0. The minimum absolute atomic E-state index is 0.0680. The van der Waals surface area contributed by atoms with Gasteiger partial charge in [-0.3, -0.25) is 4.79 Å². The van der Waals surface area contributed by atoms with Crippen LogP contribution in [-0.2, 0) is 9.53 Å². The fraction of sp³-hybridized carbons (Fsp3) is 0.708. The molecule has 3 fully saturated rings. The maximum atomic E-state index is 12.6. The van der Waals surface area contributed by atoms with Gasteiger partial charge in [0.25, 0.3) is 0 Å². The van der Waals surface area contributed by atoms with Crippen LogP contribution in [0.4, 0.5) is 0 Å². The van der Waals surface area contributed by atoms with Gasteiger partial charge >= 0.3 is 0 Å². The van der Waals surface area contributed by atoms with Crippen molar-refractivity contribution in [1.82, 2.24) is 5.32 Å². The molecule has 160 valence electrons. The normalized spacial score (nSPS) is 34.5. The van der Waals surface area contributed by atoms with Gasteiger partial charge in [-0.05, 0) is 60.5 Å². The van der Waals surface area contributed by atoms with Gasteiger partial charge in [0.15, 0.2) is 0 Å². The summed E-state index contributed by atoms with van der Waals surface area (Å²) in [5.74, 6) is 2.76. The Bertz CT molecular complexity index is 754. The highest BCUT2D eigenvalue weighted by Crippen LogP contribution is 2.71. The Balaban J connectivity index is 1.73. The van der Waals surface area contributed by atoms with Crippen molar-refractivity contribution in [3.05, 3.63) is 23.8 Å². The summed E-state index contributed by atoms with van der Waals surface area (Å²) in [6.45, 7) is 7.44. The van der Waals surface area contributed by atoms with Crippen LogP contribution in [-0.4, -0.2) is 32.8 Å². The molecule has 5 nitrogen and oxygen atoms in total. The maximum Gasteiger partial charge on any atom is 0.220 e. The minimum atomic E-state index is -0.0680. The lowest BCUT2D eigenvalue weighted by Crippen LogP contribution is -2.58. The average Bonchev–Trinajstić information content (AvgIpc) is 3.20. The molecule has 5 atom stereocenters. The van der Waals surface area contributed by atoms with Crippen LogP contribution in [0.5, 0.6) is 11.5 Å². The molecule has 1 N–H and O–H groups in total. The van der Waals surface area contributed by atoms with E-state index < -0.39 is 0 Å². The number of nitrogens with one attached hydrogen (secondary N) is 1. The molecule has 5 heteroatoms. The zero-order valence-electron chi connectivity index (χ0n) is 18.4. The zero-order valence-corrected chi connectivity index (χ0v) is 18.4. The first-order valence-electron chi connectivity index (χ1n) is 11.0. The summed E-state index contributed by atoms with van der Waals surface area (Å²) in [5.41, 5.74) is 1.20. The third-order valence-electron chi connectivity index (χ3n) is 8.04. The molecule has 1 saturated heterocycles. The number of carbonyl (C=O) groups excluding carboxylic acids is 1. The van der Waals surface area contributed by atoms with Gasteiger partial charge in [-0.25, -0.2) is 0 Å². The molecule has 2 bridgehead atoms. The Hall–Kier alpha value is -1.75. The fourth-order valence-electron chi connectivity index (χ4n) is 6.69. The quantitative estimate of drug-likeness (QED) is 0.762. The summed E-state index contributed by atoms with van der Waals surface area (Å²) in [5, 5.41) is 3.46. The number of carbonyl (C=O) groups is 1. The summed E-state index contributed by atoms with van der Waals surface area (Å²) in [7, 11) is 3.41. The third kappa shape index (κ3) is 3.04. The van der Waals surface area contributed by atoms with Crippen LogP contribution >= 0.6 is 0 Å². The van der Waals surface area contributed by atoms with Gasteiger partial charge < -0.3 is 19.5 Å². The molecular weight excluding hydrogens is 366 g/mol. The molecule has 29 heavy (non-hydrogen) atoms. The van der Waals surface area contributed by atoms with Crippen molar-refractivity contribution in [3.63, 3.8) is 0 Å². The molecule has 1 unspecified atom stereocenters. The number of amides is 1. The molecule has 1 heterocycles. The van der Waals surface area contributed by atoms with Crippen LogP contribution in [0, 0.1) is 22.7 Å². The predicted octanol–water partition coefficient (Wildman–Crippen LogP) is 4.50. The lowest BCUT2D eigenvalue weighted by Gasteiger charge is -2.53. The van der Waals surface area contributed by atoms with E-state index in [0.717, 1.165) is 36.3 Å². The monoisotopic (exact) mass is 401 g/mol. The number of benzene rings is 1. The molecule has 0 radical (unpaired) electrons. The average molecular weight is 402 g/mol. The first-order chi connectivity index (χ1) is 13.9. The van der Waals surface area contributed by atoms with Crippen LogP contribution in [0.25, 0.3) is 0 Å². The maximum absolute atomic E-state index is 12.6. The second kappa shape index (κ2) is 7.50. The molecule has 4 rings (SSSR count). The van der Waals surface area contributed by atoms with E-state index >= 15 is 0 Å². The van der Waals surface area contributed by atoms with Gasteiger partial charge in [-0.1, -0.05) is 26.8 Å². The summed E-state index contributed by atoms with van der Waals surface area (Å²) in [6.07, 6.45) is 4.70. The Morgan fingerprint density at radius 2 is 1.93 bits per heavy atom. The van der Waals surface area contributed by atoms with Crippen molar-refractivity contribution in [3.8, 4) is 11.5 Å². The van der Waals surface area contributed by atoms with Gasteiger partial charge in [0, 0.05) is 19.1 Å². The van der Waals surface area contributed by atoms with Gasteiger partial charge in [0.1, 0.15) is 11.5 Å². The first-order valence-corrected chi connectivity index (χ1v) is 11.0. The molecule has 1 aromatic rings. The van der Waals surface area contributed by atoms with Crippen molar-refractivity contribution in [2.24, 2.45) is 22.7 Å². The highest BCUT2D eigenvalue weighted by atomic mass is 16.5. The standard InChI is InChI=1S/C24H35NO4/c1-6-8-19(26)25-22-23(2,3)15-13-16-21(29-12-11-24(16,22)14-15)20-17(27-4)9-7-10-18(20)28-5/h7,9-10,15-16,21-22H,6,8,11-14H2,1-5H3,(H,25,26)/t15-,16-,21+,22-,24?/m1/s1. The lowest BCUT2D eigenvalue weighted by molar-refractivity contribution is -0.137. The molecule has 2 saturated carbocycles. The summed E-state index contributed by atoms with van der Waals surface area (Å²) < 4.78 is 17.8. The predicted molar refractivity (Wildman–Crippen MR) is 112 cm³/mol. The van der Waals surface area contributed by atoms with E-state index in [1.165, 1.54) is 6.42 Å². The van der Waals surface area contributed by atoms with E-state index in [2.05, 4.69) is 26.1 Å². The Morgan fingerprint density at radius 3 is 2.55 bits per heavy atom. The molecule has 1 spiro atoms. The van der Waals surface area contributed by atoms with Crippen molar-refractivity contribution in [2.45, 2.75) is 65.0 Å². The second-order valence-corrected chi connectivity index (χ2v) is 9.67. The molecule has 1 amide bonds. The van der Waals surface area contributed by atoms with E-state index in [-0.39, 0.29) is 28.9 Å². The molecule has 0 aromatic heterocycles. The minimum Gasteiger partial charge on any atom is -0.496 e. The highest BCUT2D eigenvalue weighted by molar-refractivity contribution is 5.76. The topological polar surface area (TPSA) is 56.8 Å². The van der Waals surface area contributed by atoms with Crippen LogP contribution in [0.1, 0.15) is 64.5 Å². The van der Waals surface area contributed by atoms with Gasteiger partial charge in [-0.2, -0.15) is 0 Å². The van der Waals surface area contributed by atoms with Crippen LogP contribution < -0.4 is 14.8 Å². The fourth-order valence-corrected chi connectivity index (χ4v) is 6.69. The number of methoxy groups -OCH3 is 2. The second-order valence-electron chi connectivity index (χ2n) is 9.67. The third-order valence-corrected chi connectivity index (χ3v) is 8.04. The van der Waals surface area contributed by atoms with Gasteiger partial charge in [0.2, 0.25) is 5.91 Å². The Morgan fingerprint density at radius 1 is 1.24 bits per heavy atom. The van der Waals surface area contributed by atoms with Gasteiger partial charge in [-0.15, -0.1) is 0 Å². The van der Waals surface area contributed by atoms with E-state index in [9.17, 15) is 4.79 Å². The number of fused-ring (bicyclic) bond motifs is 1. The van der Waals surface area contributed by atoms with E-state index in [1.807, 2.05) is 18.2 Å². The van der Waals surface area contributed by atoms with Crippen molar-refractivity contribution in [1.29, 1.82) is 0 Å². The number of ether oxygens (including phenoxy) is 3. The summed E-state index contributed by atoms with van der Waals surface area (Å²) in [6, 6.07) is 6.11. The van der Waals surface area contributed by atoms with Crippen molar-refractivity contribution < 1.29 is 19.0 Å². The lowest BCUT2D eigenvalue weighted by atomic mass is 9.58. The molecule has 1 aromatic carbocycles. The van der Waals surface area contributed by atoms with Crippen LogP contribution in [0.3, 0.4) is 0 Å². The van der Waals surface area contributed by atoms with Crippen molar-refractivity contribution >= 4 is 5.91 Å². The number of rotatable bonds is 6. The largest absolute Gasteiger partial charge is 0.496 e. The highest BCUT2D eigenvalue weighted by Gasteiger charge is 2.68. The van der Waals surface area contributed by atoms with E-state index in [0.29, 0.717) is 24.9 Å². The molecule has 3 aliphatic rings. The van der Waals surface area contributed by atoms with Crippen LogP contribution in [0.2, 0.25) is 0 Å². The first kappa shape index (κ1) is 20.5. The Kier molecular flexibility index (Phi) is 5.30. The number of hydrogen-bond acceptors (Lipinski definition) is 4. The van der Waals surface area contributed by atoms with Crippen molar-refractivity contribution in [2.75, 3.05) is 20.8 Å². The summed E-state index contributed by atoms with van der Waals surface area (Å²) in [4.78, 5) is 12.6. The smallest absolute Gasteiger partial charge is 0.220 e. The molecule has 2 aliphatic carbocycles. The van der Waals surface area contributed by atoms with E-state index in [4.69, 9.17) is 14.2 Å². The molecular formula is C24H35NO4. The van der Waals surface area contributed by atoms with Gasteiger partial charge in [0.05, 0.1) is 25.9 Å². The Labute approximate surface area is 174 Å². The number of hydrogen-bond donors (Lipinski definition) is 1. The SMILES string of the molecule is CCCC(=O)N[C@@H]1C(C)(C)[C@@H]2C[C@@H]3[C@@H](c4c(OC)cccc4OC)OCCC31C2. The molecule has 1 aliphatic heterocycles. The zero-order chi connectivity index (χ0) is 20.8.